The van der Waals surface area contributed by atoms with Gasteiger partial charge in [0.25, 0.3) is 5.95 Å². The molecule has 1 saturated heterocycles. The third-order valence-corrected chi connectivity index (χ3v) is 6.88. The van der Waals surface area contributed by atoms with Crippen LogP contribution in [0.25, 0.3) is 11.1 Å². The number of nitrogens with zero attached hydrogens (tertiary/aromatic N) is 5. The Morgan fingerprint density at radius 2 is 1.79 bits per heavy atom. The molecule has 2 N–H and O–H groups in total. The molecule has 43 heavy (non-hydrogen) atoms. The number of ether oxygens (including phenoxy) is 1. The van der Waals surface area contributed by atoms with Crippen molar-refractivity contribution >= 4 is 23.1 Å². The number of halogens is 4. The molecule has 0 bridgehead atoms. The van der Waals surface area contributed by atoms with Crippen molar-refractivity contribution in [1.82, 2.24) is 9.97 Å². The molecule has 0 aliphatic carbocycles. The molecule has 0 spiro atoms. The van der Waals surface area contributed by atoms with Crippen LogP contribution in [0.4, 0.5) is 40.7 Å². The van der Waals surface area contributed by atoms with Gasteiger partial charge in [0.1, 0.15) is 5.75 Å². The van der Waals surface area contributed by atoms with Gasteiger partial charge in [0, 0.05) is 24.5 Å². The van der Waals surface area contributed by atoms with Crippen molar-refractivity contribution < 1.29 is 27.4 Å². The van der Waals surface area contributed by atoms with Crippen molar-refractivity contribution in [3.8, 4) is 16.9 Å². The molecule has 1 fully saturated rings. The standard InChI is InChI=1S/C31H30F4N6O2/c1-2-4-20-14-25(38-26-15-23(13-24(17-26)31(33,34)35)21-5-3-6-27(42)16-21)8-7-22(20)18-37-40-30-36-19-28(32)29(39-30)41-9-11-43-12-10-41/h3,5-8,13-17,19,38,42H,2,4,9-12,18H2,1H3. The van der Waals surface area contributed by atoms with Crippen LogP contribution in [0.2, 0.25) is 0 Å². The number of benzene rings is 3. The first-order valence-electron chi connectivity index (χ1n) is 13.8. The van der Waals surface area contributed by atoms with Gasteiger partial charge in [0.2, 0.25) is 0 Å². The molecule has 3 aromatic carbocycles. The summed E-state index contributed by atoms with van der Waals surface area (Å²) >= 11 is 0. The number of morpholine rings is 1. The van der Waals surface area contributed by atoms with Crippen molar-refractivity contribution in [3.05, 3.63) is 89.4 Å². The summed E-state index contributed by atoms with van der Waals surface area (Å²) in [6.07, 6.45) is -1.92. The molecule has 0 saturated carbocycles. The Morgan fingerprint density at radius 1 is 0.977 bits per heavy atom. The van der Waals surface area contributed by atoms with E-state index in [0.29, 0.717) is 49.5 Å². The number of anilines is 3. The Bertz CT molecular complexity index is 1610. The lowest BCUT2D eigenvalue weighted by atomic mass is 10.0. The summed E-state index contributed by atoms with van der Waals surface area (Å²) in [5.74, 6) is -0.365. The molecule has 0 unspecified atom stereocenters. The quantitative estimate of drug-likeness (QED) is 0.152. The van der Waals surface area contributed by atoms with Crippen LogP contribution in [0, 0.1) is 5.82 Å². The fraction of sp³-hybridized carbons (Fsp3) is 0.290. The van der Waals surface area contributed by atoms with E-state index in [0.717, 1.165) is 35.9 Å². The maximum atomic E-state index is 14.3. The first-order valence-corrected chi connectivity index (χ1v) is 13.8. The molecule has 4 aromatic rings. The molecule has 2 heterocycles. The second-order valence-corrected chi connectivity index (χ2v) is 10.0. The highest BCUT2D eigenvalue weighted by atomic mass is 19.4. The Morgan fingerprint density at radius 3 is 2.53 bits per heavy atom. The fourth-order valence-corrected chi connectivity index (χ4v) is 4.81. The number of rotatable bonds is 9. The van der Waals surface area contributed by atoms with E-state index in [1.807, 2.05) is 19.1 Å². The highest BCUT2D eigenvalue weighted by Crippen LogP contribution is 2.36. The largest absolute Gasteiger partial charge is 0.508 e. The summed E-state index contributed by atoms with van der Waals surface area (Å²) < 4.78 is 60.9. The summed E-state index contributed by atoms with van der Waals surface area (Å²) in [6.45, 7) is 4.25. The van der Waals surface area contributed by atoms with Gasteiger partial charge < -0.3 is 20.1 Å². The Kier molecular flexibility index (Phi) is 9.15. The minimum atomic E-state index is -4.55. The number of azo groups is 1. The van der Waals surface area contributed by atoms with Crippen molar-refractivity contribution in [2.24, 2.45) is 10.2 Å². The van der Waals surface area contributed by atoms with Gasteiger partial charge in [-0.25, -0.2) is 9.37 Å². The number of phenolic OH excluding ortho intramolecular Hbond substituents is 1. The van der Waals surface area contributed by atoms with Crippen molar-refractivity contribution in [2.45, 2.75) is 32.5 Å². The highest BCUT2D eigenvalue weighted by Gasteiger charge is 2.31. The Labute approximate surface area is 246 Å². The van der Waals surface area contributed by atoms with Gasteiger partial charge >= 0.3 is 6.18 Å². The molecule has 1 aromatic heterocycles. The Balaban J connectivity index is 1.36. The van der Waals surface area contributed by atoms with Crippen LogP contribution >= 0.6 is 0 Å². The number of nitrogens with one attached hydrogen (secondary N) is 1. The highest BCUT2D eigenvalue weighted by molar-refractivity contribution is 5.73. The van der Waals surface area contributed by atoms with Gasteiger partial charge in [-0.2, -0.15) is 23.3 Å². The summed E-state index contributed by atoms with van der Waals surface area (Å²) in [4.78, 5) is 9.94. The number of alkyl halides is 3. The number of hydrogen-bond acceptors (Lipinski definition) is 8. The zero-order valence-corrected chi connectivity index (χ0v) is 23.4. The smallest absolute Gasteiger partial charge is 0.416 e. The lowest BCUT2D eigenvalue weighted by molar-refractivity contribution is -0.137. The van der Waals surface area contributed by atoms with E-state index in [4.69, 9.17) is 4.74 Å². The van der Waals surface area contributed by atoms with E-state index in [-0.39, 0.29) is 29.7 Å². The number of aromatic nitrogens is 2. The van der Waals surface area contributed by atoms with Crippen LogP contribution in [0.1, 0.15) is 30.0 Å². The van der Waals surface area contributed by atoms with Crippen LogP contribution in [-0.4, -0.2) is 41.4 Å². The molecule has 0 amide bonds. The summed E-state index contributed by atoms with van der Waals surface area (Å²) in [7, 11) is 0. The number of hydrogen-bond donors (Lipinski definition) is 2. The first kappa shape index (κ1) is 29.9. The van der Waals surface area contributed by atoms with Crippen LogP contribution in [-0.2, 0) is 23.9 Å². The Hall–Kier alpha value is -4.58. The summed E-state index contributed by atoms with van der Waals surface area (Å²) in [5.41, 5.74) is 2.69. The molecule has 8 nitrogen and oxygen atoms in total. The monoisotopic (exact) mass is 594 g/mol. The van der Waals surface area contributed by atoms with Crippen molar-refractivity contribution in [1.29, 1.82) is 0 Å². The van der Waals surface area contributed by atoms with Crippen molar-refractivity contribution in [3.63, 3.8) is 0 Å². The van der Waals surface area contributed by atoms with E-state index in [2.05, 4.69) is 25.5 Å². The second kappa shape index (κ2) is 13.2. The number of aromatic hydroxyl groups is 1. The van der Waals surface area contributed by atoms with Crippen LogP contribution in [0.15, 0.2) is 77.1 Å². The third kappa shape index (κ3) is 7.63. The molecule has 1 aliphatic rings. The van der Waals surface area contributed by atoms with E-state index in [9.17, 15) is 22.7 Å². The van der Waals surface area contributed by atoms with Crippen molar-refractivity contribution in [2.75, 3.05) is 36.5 Å². The summed E-state index contributed by atoms with van der Waals surface area (Å²) in [5, 5.41) is 21.3. The maximum absolute atomic E-state index is 14.3. The lowest BCUT2D eigenvalue weighted by Gasteiger charge is -2.27. The van der Waals surface area contributed by atoms with E-state index in [1.54, 1.807) is 29.2 Å². The molecule has 224 valence electrons. The number of phenols is 1. The molecule has 5 rings (SSSR count). The van der Waals surface area contributed by atoms with Gasteiger partial charge in [-0.05, 0) is 71.1 Å². The average Bonchev–Trinajstić information content (AvgIpc) is 2.99. The first-order chi connectivity index (χ1) is 20.7. The van der Waals surface area contributed by atoms with E-state index in [1.165, 1.54) is 12.1 Å². The molecule has 12 heteroatoms. The van der Waals surface area contributed by atoms with Gasteiger partial charge in [0.15, 0.2) is 11.6 Å². The lowest BCUT2D eigenvalue weighted by Crippen LogP contribution is -2.37. The predicted molar refractivity (Wildman–Crippen MR) is 156 cm³/mol. The zero-order valence-electron chi connectivity index (χ0n) is 23.4. The molecular weight excluding hydrogens is 564 g/mol. The molecule has 0 radical (unpaired) electrons. The van der Waals surface area contributed by atoms with Crippen LogP contribution in [0.5, 0.6) is 5.75 Å². The molecule has 1 aliphatic heterocycles. The molecular formula is C31H30F4N6O2. The summed E-state index contributed by atoms with van der Waals surface area (Å²) in [6, 6.07) is 15.3. The second-order valence-electron chi connectivity index (χ2n) is 10.0. The third-order valence-electron chi connectivity index (χ3n) is 6.88. The van der Waals surface area contributed by atoms with Crippen LogP contribution < -0.4 is 10.2 Å². The van der Waals surface area contributed by atoms with Crippen LogP contribution in [0.3, 0.4) is 0 Å². The van der Waals surface area contributed by atoms with Gasteiger partial charge in [-0.1, -0.05) is 31.5 Å². The minimum Gasteiger partial charge on any atom is -0.508 e. The predicted octanol–water partition coefficient (Wildman–Crippen LogP) is 7.82. The average molecular weight is 595 g/mol. The fourth-order valence-electron chi connectivity index (χ4n) is 4.81. The number of aryl methyl sites for hydroxylation is 1. The normalized spacial score (nSPS) is 13.9. The maximum Gasteiger partial charge on any atom is 0.416 e. The molecule has 0 atom stereocenters. The SMILES string of the molecule is CCCc1cc(Nc2cc(-c3cccc(O)c3)cc(C(F)(F)F)c2)ccc1CN=Nc1ncc(F)c(N2CCOCC2)n1. The minimum absolute atomic E-state index is 0.0371. The van der Waals surface area contributed by atoms with Gasteiger partial charge in [0.05, 0.1) is 31.5 Å². The topological polar surface area (TPSA) is 95.2 Å². The van der Waals surface area contributed by atoms with E-state index >= 15 is 0 Å². The van der Waals surface area contributed by atoms with E-state index < -0.39 is 17.6 Å². The van der Waals surface area contributed by atoms with Gasteiger partial charge in [-0.3, -0.25) is 0 Å². The van der Waals surface area contributed by atoms with Gasteiger partial charge in [-0.15, -0.1) is 5.11 Å². The zero-order chi connectivity index (χ0) is 30.4.